The second-order valence-electron chi connectivity index (χ2n) is 9.37. The fourth-order valence-electron chi connectivity index (χ4n) is 4.16. The highest BCUT2D eigenvalue weighted by atomic mass is 16.5. The lowest BCUT2D eigenvalue weighted by Gasteiger charge is -2.36. The average molecular weight is 482 g/mol. The van der Waals surface area contributed by atoms with Gasteiger partial charge in [0.2, 0.25) is 5.91 Å². The van der Waals surface area contributed by atoms with Crippen molar-refractivity contribution in [3.05, 3.63) is 35.3 Å². The molecule has 0 bridgehead atoms. The van der Waals surface area contributed by atoms with Gasteiger partial charge in [0.25, 0.3) is 0 Å². The van der Waals surface area contributed by atoms with Crippen LogP contribution in [0.2, 0.25) is 0 Å². The highest BCUT2D eigenvalue weighted by Gasteiger charge is 2.23. The summed E-state index contributed by atoms with van der Waals surface area (Å²) < 4.78 is 7.48. The van der Waals surface area contributed by atoms with Crippen LogP contribution >= 0.6 is 0 Å². The van der Waals surface area contributed by atoms with Crippen molar-refractivity contribution >= 4 is 23.2 Å². The van der Waals surface area contributed by atoms with Gasteiger partial charge in [-0.05, 0) is 45.5 Å². The number of aryl methyl sites for hydroxylation is 1. The number of imidazole rings is 1. The monoisotopic (exact) mass is 481 g/mol. The zero-order valence-corrected chi connectivity index (χ0v) is 21.2. The van der Waals surface area contributed by atoms with Gasteiger partial charge in [0.15, 0.2) is 11.5 Å². The number of carbonyl (C=O) groups excluding carboxylic acids is 1. The molecule has 4 rings (SSSR count). The highest BCUT2D eigenvalue weighted by Crippen LogP contribution is 2.22. The summed E-state index contributed by atoms with van der Waals surface area (Å²) >= 11 is 0. The summed E-state index contributed by atoms with van der Waals surface area (Å²) in [5.74, 6) is 1.42. The van der Waals surface area contributed by atoms with E-state index in [1.165, 1.54) is 0 Å². The van der Waals surface area contributed by atoms with Gasteiger partial charge in [0.05, 0.1) is 24.5 Å². The largest absolute Gasteiger partial charge is 0.459 e. The molecule has 188 valence electrons. The number of nitrogens with two attached hydrogens (primary N) is 1. The molecule has 3 aromatic rings. The summed E-state index contributed by atoms with van der Waals surface area (Å²) in [6.07, 6.45) is 5.09. The van der Waals surface area contributed by atoms with Crippen molar-refractivity contribution in [2.45, 2.75) is 39.7 Å². The number of rotatable bonds is 8. The Morgan fingerprint density at radius 1 is 1.20 bits per heavy atom. The van der Waals surface area contributed by atoms with Crippen LogP contribution in [-0.4, -0.2) is 93.2 Å². The second kappa shape index (κ2) is 10.4. The number of anilines is 2. The maximum atomic E-state index is 12.3. The lowest BCUT2D eigenvalue weighted by atomic mass is 10.1. The van der Waals surface area contributed by atoms with Gasteiger partial charge in [-0.1, -0.05) is 13.0 Å². The predicted octanol–water partition coefficient (Wildman–Crippen LogP) is 1.39. The molecule has 1 aliphatic heterocycles. The maximum Gasteiger partial charge on any atom is 0.336 e. The third-order valence-electron chi connectivity index (χ3n) is 6.20. The molecular weight excluding hydrogens is 446 g/mol. The fraction of sp³-hybridized carbons (Fsp3) is 0.542. The molecule has 35 heavy (non-hydrogen) atoms. The van der Waals surface area contributed by atoms with Crippen molar-refractivity contribution in [2.75, 3.05) is 57.5 Å². The quantitative estimate of drug-likeness (QED) is 0.509. The van der Waals surface area contributed by atoms with E-state index in [2.05, 4.69) is 33.0 Å². The highest BCUT2D eigenvalue weighted by molar-refractivity contribution is 5.78. The van der Waals surface area contributed by atoms with E-state index in [0.717, 1.165) is 42.1 Å². The van der Waals surface area contributed by atoms with Crippen molar-refractivity contribution in [1.82, 2.24) is 34.4 Å². The summed E-state index contributed by atoms with van der Waals surface area (Å²) in [5, 5.41) is 4.51. The molecule has 1 amide bonds. The van der Waals surface area contributed by atoms with Gasteiger partial charge in [0.1, 0.15) is 5.82 Å². The molecule has 0 spiro atoms. The zero-order chi connectivity index (χ0) is 25.1. The minimum atomic E-state index is -0.00816. The van der Waals surface area contributed by atoms with Crippen molar-refractivity contribution < 1.29 is 9.53 Å². The molecule has 4 heterocycles. The SMILES string of the molecule is CCC(C)Oc1nc(N)c2ncc(Cc3cnc(N4CCN(C(=O)CN(C)C)CC4)c(C)c3)n2n1. The van der Waals surface area contributed by atoms with E-state index in [1.54, 1.807) is 10.7 Å². The van der Waals surface area contributed by atoms with Crippen molar-refractivity contribution in [1.29, 1.82) is 0 Å². The first kappa shape index (κ1) is 24.6. The lowest BCUT2D eigenvalue weighted by Crippen LogP contribution is -2.51. The van der Waals surface area contributed by atoms with Crippen molar-refractivity contribution in [3.8, 4) is 6.01 Å². The van der Waals surface area contributed by atoms with Gasteiger partial charge >= 0.3 is 6.01 Å². The van der Waals surface area contributed by atoms with Crippen LogP contribution < -0.4 is 15.4 Å². The van der Waals surface area contributed by atoms with E-state index < -0.39 is 0 Å². The minimum Gasteiger partial charge on any atom is -0.459 e. The number of nitrogens with zero attached hydrogens (tertiary/aromatic N) is 8. The standard InChI is InChI=1S/C24H35N9O2/c1-6-17(3)35-24-28-21(25)23-27-14-19(33(23)29-24)12-18-11-16(2)22(26-13-18)32-9-7-31(8-10-32)20(34)15-30(4)5/h11,13-14,17H,6-10,12,15H2,1-5H3,(H2,25,28,29). The van der Waals surface area contributed by atoms with Gasteiger partial charge < -0.3 is 25.2 Å². The third kappa shape index (κ3) is 5.61. The molecule has 2 N–H and O–H groups in total. The van der Waals surface area contributed by atoms with E-state index in [4.69, 9.17) is 15.5 Å². The van der Waals surface area contributed by atoms with Crippen LogP contribution in [0, 0.1) is 6.92 Å². The Hall–Kier alpha value is -3.47. The maximum absolute atomic E-state index is 12.3. The second-order valence-corrected chi connectivity index (χ2v) is 9.37. The molecule has 1 saturated heterocycles. The molecule has 11 nitrogen and oxygen atoms in total. The molecule has 0 aromatic carbocycles. The summed E-state index contributed by atoms with van der Waals surface area (Å²) in [6, 6.07) is 2.39. The Bertz CT molecular complexity index is 1190. The first-order valence-corrected chi connectivity index (χ1v) is 12.0. The number of likely N-dealkylation sites (N-methyl/N-ethyl adjacent to an activating group) is 1. The number of piperazine rings is 1. The first-order valence-electron chi connectivity index (χ1n) is 12.0. The summed E-state index contributed by atoms with van der Waals surface area (Å²) in [4.78, 5) is 31.8. The molecule has 1 unspecified atom stereocenters. The molecule has 0 saturated carbocycles. The van der Waals surface area contributed by atoms with E-state index in [0.29, 0.717) is 31.7 Å². The molecule has 1 aliphatic rings. The fourth-order valence-corrected chi connectivity index (χ4v) is 4.16. The zero-order valence-electron chi connectivity index (χ0n) is 21.2. The Morgan fingerprint density at radius 3 is 2.60 bits per heavy atom. The van der Waals surface area contributed by atoms with Crippen LogP contribution in [0.15, 0.2) is 18.5 Å². The van der Waals surface area contributed by atoms with E-state index >= 15 is 0 Å². The van der Waals surface area contributed by atoms with Crippen LogP contribution in [0.25, 0.3) is 5.65 Å². The Kier molecular flexibility index (Phi) is 7.34. The van der Waals surface area contributed by atoms with Crippen LogP contribution in [0.4, 0.5) is 11.6 Å². The van der Waals surface area contributed by atoms with E-state index in [1.807, 2.05) is 43.9 Å². The van der Waals surface area contributed by atoms with Crippen LogP contribution in [0.3, 0.4) is 0 Å². The number of aromatic nitrogens is 5. The normalized spacial score (nSPS) is 15.1. The minimum absolute atomic E-state index is 0.00816. The predicted molar refractivity (Wildman–Crippen MR) is 135 cm³/mol. The molecule has 0 aliphatic carbocycles. The average Bonchev–Trinajstić information content (AvgIpc) is 3.22. The van der Waals surface area contributed by atoms with Crippen molar-refractivity contribution in [2.24, 2.45) is 0 Å². The van der Waals surface area contributed by atoms with Gasteiger partial charge in [-0.25, -0.2) is 14.5 Å². The number of carbonyl (C=O) groups is 1. The number of hydrogen-bond acceptors (Lipinski definition) is 9. The number of ether oxygens (including phenoxy) is 1. The smallest absolute Gasteiger partial charge is 0.336 e. The summed E-state index contributed by atoms with van der Waals surface area (Å²) in [5.41, 5.74) is 9.64. The number of hydrogen-bond donors (Lipinski definition) is 1. The van der Waals surface area contributed by atoms with Crippen LogP contribution in [0.5, 0.6) is 6.01 Å². The third-order valence-corrected chi connectivity index (χ3v) is 6.20. The first-order chi connectivity index (χ1) is 16.7. The van der Waals surface area contributed by atoms with Gasteiger partial charge in [-0.3, -0.25) is 4.79 Å². The molecule has 1 fully saturated rings. The molecule has 11 heteroatoms. The molecule has 1 atom stereocenters. The van der Waals surface area contributed by atoms with E-state index in [9.17, 15) is 4.79 Å². The van der Waals surface area contributed by atoms with Gasteiger partial charge in [0, 0.05) is 38.8 Å². The topological polar surface area (TPSA) is 118 Å². The van der Waals surface area contributed by atoms with E-state index in [-0.39, 0.29) is 23.8 Å². The lowest BCUT2D eigenvalue weighted by molar-refractivity contribution is -0.132. The van der Waals surface area contributed by atoms with Crippen molar-refractivity contribution in [3.63, 3.8) is 0 Å². The Balaban J connectivity index is 1.46. The van der Waals surface area contributed by atoms with Gasteiger partial charge in [-0.15, -0.1) is 5.10 Å². The molecular formula is C24H35N9O2. The number of fused-ring (bicyclic) bond motifs is 1. The van der Waals surface area contributed by atoms with Gasteiger partial charge in [-0.2, -0.15) is 4.98 Å². The molecule has 0 radical (unpaired) electrons. The Morgan fingerprint density at radius 2 is 1.94 bits per heavy atom. The number of nitrogen functional groups attached to an aromatic ring is 1. The number of amides is 1. The summed E-state index contributed by atoms with van der Waals surface area (Å²) in [6.45, 7) is 9.48. The summed E-state index contributed by atoms with van der Waals surface area (Å²) in [7, 11) is 3.83. The number of pyridine rings is 1. The van der Waals surface area contributed by atoms with Crippen LogP contribution in [-0.2, 0) is 11.2 Å². The van der Waals surface area contributed by atoms with Crippen LogP contribution in [0.1, 0.15) is 37.1 Å². The molecule has 3 aromatic heterocycles. The Labute approximate surface area is 205 Å².